The molecule has 0 atom stereocenters. The molecule has 1 N–H and O–H groups in total. The standard InChI is InChI=1S/C7H11N3O/c1-3-9-7-6(11-2)4-8-5-10-7/h4-5H,3H2,1-2H3,(H,8,9,10). The zero-order valence-electron chi connectivity index (χ0n) is 6.66. The molecule has 0 amide bonds. The van der Waals surface area contributed by atoms with Crippen LogP contribution in [0.2, 0.25) is 0 Å². The maximum Gasteiger partial charge on any atom is 0.179 e. The van der Waals surface area contributed by atoms with Gasteiger partial charge in [0.05, 0.1) is 13.3 Å². The SMILES string of the molecule is CCNc1ncncc1OC. The van der Waals surface area contributed by atoms with Crippen LogP contribution in [-0.4, -0.2) is 23.6 Å². The number of rotatable bonds is 3. The van der Waals surface area contributed by atoms with E-state index < -0.39 is 0 Å². The summed E-state index contributed by atoms with van der Waals surface area (Å²) < 4.78 is 5.01. The molecule has 4 heteroatoms. The lowest BCUT2D eigenvalue weighted by Gasteiger charge is -2.05. The fraction of sp³-hybridized carbons (Fsp3) is 0.429. The summed E-state index contributed by atoms with van der Waals surface area (Å²) in [6.45, 7) is 2.83. The second-order valence-electron chi connectivity index (χ2n) is 1.97. The van der Waals surface area contributed by atoms with Gasteiger partial charge in [-0.25, -0.2) is 9.97 Å². The molecule has 1 heterocycles. The molecule has 0 saturated heterocycles. The smallest absolute Gasteiger partial charge is 0.179 e. The Balaban J connectivity index is 2.83. The summed E-state index contributed by atoms with van der Waals surface area (Å²) in [4.78, 5) is 7.81. The van der Waals surface area contributed by atoms with Crippen LogP contribution in [0, 0.1) is 0 Å². The van der Waals surface area contributed by atoms with Gasteiger partial charge in [-0.15, -0.1) is 0 Å². The van der Waals surface area contributed by atoms with Crippen LogP contribution in [0.5, 0.6) is 5.75 Å². The average molecular weight is 153 g/mol. The number of ether oxygens (including phenoxy) is 1. The second-order valence-corrected chi connectivity index (χ2v) is 1.97. The highest BCUT2D eigenvalue weighted by Gasteiger charge is 1.99. The number of hydrogen-bond acceptors (Lipinski definition) is 4. The molecule has 0 spiro atoms. The molecular weight excluding hydrogens is 142 g/mol. The van der Waals surface area contributed by atoms with Crippen LogP contribution in [0.4, 0.5) is 5.82 Å². The van der Waals surface area contributed by atoms with Crippen LogP contribution >= 0.6 is 0 Å². The van der Waals surface area contributed by atoms with Crippen molar-refractivity contribution in [2.24, 2.45) is 0 Å². The fourth-order valence-electron chi connectivity index (χ4n) is 0.766. The number of hydrogen-bond donors (Lipinski definition) is 1. The van der Waals surface area contributed by atoms with Crippen molar-refractivity contribution in [3.05, 3.63) is 12.5 Å². The lowest BCUT2D eigenvalue weighted by molar-refractivity contribution is 0.412. The molecule has 0 saturated carbocycles. The van der Waals surface area contributed by atoms with E-state index in [-0.39, 0.29) is 0 Å². The molecule has 0 aromatic carbocycles. The fourth-order valence-corrected chi connectivity index (χ4v) is 0.766. The van der Waals surface area contributed by atoms with Crippen molar-refractivity contribution in [1.82, 2.24) is 9.97 Å². The molecule has 4 nitrogen and oxygen atoms in total. The molecule has 11 heavy (non-hydrogen) atoms. The Morgan fingerprint density at radius 2 is 2.45 bits per heavy atom. The summed E-state index contributed by atoms with van der Waals surface area (Å²) in [7, 11) is 1.60. The number of aromatic nitrogens is 2. The topological polar surface area (TPSA) is 47.0 Å². The first-order chi connectivity index (χ1) is 5.38. The Kier molecular flexibility index (Phi) is 2.66. The maximum absolute atomic E-state index is 5.01. The first-order valence-electron chi connectivity index (χ1n) is 3.46. The minimum atomic E-state index is 0.675. The van der Waals surface area contributed by atoms with E-state index in [9.17, 15) is 0 Å². The van der Waals surface area contributed by atoms with Gasteiger partial charge in [0.2, 0.25) is 0 Å². The third-order valence-electron chi connectivity index (χ3n) is 1.24. The van der Waals surface area contributed by atoms with Gasteiger partial charge in [-0.05, 0) is 6.92 Å². The Morgan fingerprint density at radius 3 is 3.09 bits per heavy atom. The van der Waals surface area contributed by atoms with E-state index in [0.717, 1.165) is 12.4 Å². The lowest BCUT2D eigenvalue weighted by atomic mass is 10.5. The molecule has 1 aromatic heterocycles. The average Bonchev–Trinajstić information content (AvgIpc) is 2.06. The summed E-state index contributed by atoms with van der Waals surface area (Å²) in [5.41, 5.74) is 0. The van der Waals surface area contributed by atoms with Gasteiger partial charge in [-0.3, -0.25) is 0 Å². The van der Waals surface area contributed by atoms with Crippen LogP contribution in [0.1, 0.15) is 6.92 Å². The van der Waals surface area contributed by atoms with Crippen LogP contribution in [-0.2, 0) is 0 Å². The van der Waals surface area contributed by atoms with Gasteiger partial charge in [-0.2, -0.15) is 0 Å². The zero-order chi connectivity index (χ0) is 8.10. The van der Waals surface area contributed by atoms with Gasteiger partial charge in [-0.1, -0.05) is 0 Å². The van der Waals surface area contributed by atoms with Gasteiger partial charge in [0.15, 0.2) is 11.6 Å². The van der Waals surface area contributed by atoms with Crippen molar-refractivity contribution >= 4 is 5.82 Å². The van der Waals surface area contributed by atoms with Crippen LogP contribution in [0.15, 0.2) is 12.5 Å². The van der Waals surface area contributed by atoms with Crippen LogP contribution in [0.3, 0.4) is 0 Å². The Hall–Kier alpha value is -1.32. The Labute approximate surface area is 65.6 Å². The van der Waals surface area contributed by atoms with E-state index in [0.29, 0.717) is 5.75 Å². The first kappa shape index (κ1) is 7.78. The molecule has 0 bridgehead atoms. The molecule has 1 aromatic rings. The van der Waals surface area contributed by atoms with Crippen LogP contribution < -0.4 is 10.1 Å². The second kappa shape index (κ2) is 3.75. The summed E-state index contributed by atoms with van der Waals surface area (Å²) in [6.07, 6.45) is 3.12. The molecule has 1 rings (SSSR count). The van der Waals surface area contributed by atoms with Crippen molar-refractivity contribution < 1.29 is 4.74 Å². The van der Waals surface area contributed by atoms with Gasteiger partial charge in [0, 0.05) is 6.54 Å². The van der Waals surface area contributed by atoms with Crippen LogP contribution in [0.25, 0.3) is 0 Å². The molecule has 0 fully saturated rings. The maximum atomic E-state index is 5.01. The highest BCUT2D eigenvalue weighted by molar-refractivity contribution is 5.47. The van der Waals surface area contributed by atoms with E-state index in [1.807, 2.05) is 6.92 Å². The molecule has 0 aliphatic heterocycles. The van der Waals surface area contributed by atoms with Gasteiger partial charge < -0.3 is 10.1 Å². The predicted molar refractivity (Wildman–Crippen MR) is 42.7 cm³/mol. The Morgan fingerprint density at radius 1 is 1.64 bits per heavy atom. The van der Waals surface area contributed by atoms with Crippen molar-refractivity contribution in [2.45, 2.75) is 6.92 Å². The normalized spacial score (nSPS) is 9.27. The summed E-state index contributed by atoms with van der Waals surface area (Å²) in [5, 5.41) is 3.05. The monoisotopic (exact) mass is 153 g/mol. The third kappa shape index (κ3) is 1.80. The lowest BCUT2D eigenvalue weighted by Crippen LogP contribution is -2.01. The van der Waals surface area contributed by atoms with E-state index in [1.54, 1.807) is 13.3 Å². The highest BCUT2D eigenvalue weighted by atomic mass is 16.5. The Bertz CT molecular complexity index is 227. The molecule has 0 unspecified atom stereocenters. The van der Waals surface area contributed by atoms with E-state index >= 15 is 0 Å². The van der Waals surface area contributed by atoms with Crippen molar-refractivity contribution in [2.75, 3.05) is 19.0 Å². The van der Waals surface area contributed by atoms with Gasteiger partial charge in [0.1, 0.15) is 6.33 Å². The number of nitrogens with one attached hydrogen (secondary N) is 1. The minimum absolute atomic E-state index is 0.675. The van der Waals surface area contributed by atoms with Crippen molar-refractivity contribution in [1.29, 1.82) is 0 Å². The molecule has 0 aliphatic carbocycles. The summed E-state index contributed by atoms with van der Waals surface area (Å²) >= 11 is 0. The highest BCUT2D eigenvalue weighted by Crippen LogP contribution is 2.17. The first-order valence-corrected chi connectivity index (χ1v) is 3.46. The van der Waals surface area contributed by atoms with Gasteiger partial charge >= 0.3 is 0 Å². The number of nitrogens with zero attached hydrogens (tertiary/aromatic N) is 2. The minimum Gasteiger partial charge on any atom is -0.491 e. The molecular formula is C7H11N3O. The van der Waals surface area contributed by atoms with Gasteiger partial charge in [0.25, 0.3) is 0 Å². The van der Waals surface area contributed by atoms with E-state index in [2.05, 4.69) is 15.3 Å². The van der Waals surface area contributed by atoms with Crippen molar-refractivity contribution in [3.63, 3.8) is 0 Å². The summed E-state index contributed by atoms with van der Waals surface area (Å²) in [5.74, 6) is 1.42. The van der Waals surface area contributed by atoms with E-state index in [4.69, 9.17) is 4.74 Å². The zero-order valence-corrected chi connectivity index (χ0v) is 6.66. The number of anilines is 1. The molecule has 0 aliphatic rings. The number of methoxy groups -OCH3 is 1. The molecule has 0 radical (unpaired) electrons. The summed E-state index contributed by atoms with van der Waals surface area (Å²) in [6, 6.07) is 0. The van der Waals surface area contributed by atoms with Crippen molar-refractivity contribution in [3.8, 4) is 5.75 Å². The molecule has 60 valence electrons. The quantitative estimate of drug-likeness (QED) is 0.701. The predicted octanol–water partition coefficient (Wildman–Crippen LogP) is 0.917. The third-order valence-corrected chi connectivity index (χ3v) is 1.24. The largest absolute Gasteiger partial charge is 0.491 e. The van der Waals surface area contributed by atoms with E-state index in [1.165, 1.54) is 6.33 Å².